The van der Waals surface area contributed by atoms with Crippen molar-refractivity contribution in [3.05, 3.63) is 136 Å². The van der Waals surface area contributed by atoms with E-state index in [4.69, 9.17) is 23.2 Å². The van der Waals surface area contributed by atoms with Crippen LogP contribution in [-0.4, -0.2) is 21.7 Å². The normalized spacial score (nSPS) is 11.5. The molecule has 1 aromatic heterocycles. The van der Waals surface area contributed by atoms with Gasteiger partial charge in [0, 0.05) is 35.5 Å². The Hall–Kier alpha value is -3.67. The molecule has 0 aliphatic carbocycles. The lowest BCUT2D eigenvalue weighted by molar-refractivity contribution is -0.141. The molecule has 36 heavy (non-hydrogen) atoms. The van der Waals surface area contributed by atoms with Crippen molar-refractivity contribution in [1.29, 1.82) is 0 Å². The highest BCUT2D eigenvalue weighted by molar-refractivity contribution is 6.30. The van der Waals surface area contributed by atoms with E-state index >= 15 is 0 Å². The number of pyridine rings is 1. The molecule has 0 saturated carbocycles. The van der Waals surface area contributed by atoms with Crippen molar-refractivity contribution in [1.82, 2.24) is 15.2 Å². The van der Waals surface area contributed by atoms with Crippen LogP contribution in [0.5, 0.6) is 0 Å². The summed E-state index contributed by atoms with van der Waals surface area (Å²) >= 11 is 12.1. The number of hydrogen-bond acceptors (Lipinski definition) is 3. The molecule has 0 radical (unpaired) electrons. The summed E-state index contributed by atoms with van der Waals surface area (Å²) in [5.41, 5.74) is 3.27. The fourth-order valence-corrected chi connectivity index (χ4v) is 4.14. The van der Waals surface area contributed by atoms with E-state index in [2.05, 4.69) is 10.3 Å². The molecule has 1 atom stereocenters. The minimum Gasteiger partial charge on any atom is -0.350 e. The second-order valence-corrected chi connectivity index (χ2v) is 9.22. The highest BCUT2D eigenvalue weighted by Gasteiger charge is 2.31. The van der Waals surface area contributed by atoms with Crippen LogP contribution in [0.25, 0.3) is 0 Å². The number of aromatic nitrogens is 1. The van der Waals surface area contributed by atoms with E-state index in [0.717, 1.165) is 22.3 Å². The number of hydrogen-bond donors (Lipinski definition) is 1. The summed E-state index contributed by atoms with van der Waals surface area (Å²) in [6.07, 6.45) is 3.51. The number of amides is 2. The van der Waals surface area contributed by atoms with Gasteiger partial charge in [0.05, 0.1) is 6.42 Å². The van der Waals surface area contributed by atoms with Crippen molar-refractivity contribution >= 4 is 35.0 Å². The van der Waals surface area contributed by atoms with Crippen molar-refractivity contribution in [2.45, 2.75) is 25.6 Å². The van der Waals surface area contributed by atoms with Crippen LogP contribution >= 0.6 is 23.2 Å². The van der Waals surface area contributed by atoms with Gasteiger partial charge in [0.15, 0.2) is 0 Å². The van der Waals surface area contributed by atoms with Gasteiger partial charge in [0.1, 0.15) is 6.04 Å². The second kappa shape index (κ2) is 12.3. The van der Waals surface area contributed by atoms with Crippen molar-refractivity contribution < 1.29 is 9.59 Å². The molecule has 0 aliphatic rings. The van der Waals surface area contributed by atoms with Gasteiger partial charge in [-0.1, -0.05) is 83.9 Å². The Morgan fingerprint density at radius 3 is 2.03 bits per heavy atom. The van der Waals surface area contributed by atoms with E-state index in [1.54, 1.807) is 41.6 Å². The molecular formula is C29H25Cl2N3O2. The molecule has 7 heteroatoms. The fourth-order valence-electron chi connectivity index (χ4n) is 3.89. The van der Waals surface area contributed by atoms with Crippen molar-refractivity contribution in [3.8, 4) is 0 Å². The molecule has 3 aromatic carbocycles. The molecule has 0 unspecified atom stereocenters. The maximum absolute atomic E-state index is 13.7. The number of nitrogens with one attached hydrogen (secondary N) is 1. The van der Waals surface area contributed by atoms with Gasteiger partial charge >= 0.3 is 0 Å². The first-order valence-corrected chi connectivity index (χ1v) is 12.2. The van der Waals surface area contributed by atoms with E-state index in [9.17, 15) is 9.59 Å². The molecule has 5 nitrogen and oxygen atoms in total. The zero-order chi connectivity index (χ0) is 25.3. The molecule has 4 aromatic rings. The number of carbonyl (C=O) groups is 2. The van der Waals surface area contributed by atoms with Gasteiger partial charge in [-0.05, 0) is 52.6 Å². The van der Waals surface area contributed by atoms with E-state index < -0.39 is 6.04 Å². The molecule has 4 rings (SSSR count). The van der Waals surface area contributed by atoms with Crippen molar-refractivity contribution in [2.75, 3.05) is 0 Å². The van der Waals surface area contributed by atoms with Crippen LogP contribution in [0.15, 0.2) is 103 Å². The number of nitrogens with zero attached hydrogens (tertiary/aromatic N) is 2. The summed E-state index contributed by atoms with van der Waals surface area (Å²) in [6.45, 7) is 0.541. The van der Waals surface area contributed by atoms with Crippen LogP contribution in [-0.2, 0) is 29.1 Å². The van der Waals surface area contributed by atoms with Gasteiger partial charge in [0.25, 0.3) is 0 Å². The molecule has 1 heterocycles. The molecule has 1 N–H and O–H groups in total. The third kappa shape index (κ3) is 6.94. The Bertz CT molecular complexity index is 1280. The summed E-state index contributed by atoms with van der Waals surface area (Å²) in [5, 5.41) is 4.19. The average molecular weight is 518 g/mol. The van der Waals surface area contributed by atoms with Crippen LogP contribution in [0.3, 0.4) is 0 Å². The zero-order valence-electron chi connectivity index (χ0n) is 19.5. The Kier molecular flexibility index (Phi) is 8.71. The van der Waals surface area contributed by atoms with Crippen LogP contribution in [0.1, 0.15) is 28.3 Å². The molecule has 0 bridgehead atoms. The monoisotopic (exact) mass is 517 g/mol. The first-order valence-electron chi connectivity index (χ1n) is 11.5. The quantitative estimate of drug-likeness (QED) is 0.295. The Morgan fingerprint density at radius 2 is 1.42 bits per heavy atom. The van der Waals surface area contributed by atoms with Crippen LogP contribution < -0.4 is 5.32 Å². The highest BCUT2D eigenvalue weighted by atomic mass is 35.5. The largest absolute Gasteiger partial charge is 0.350 e. The predicted octanol–water partition coefficient (Wildman–Crippen LogP) is 6.02. The van der Waals surface area contributed by atoms with Gasteiger partial charge in [-0.2, -0.15) is 0 Å². The first kappa shape index (κ1) is 25.4. The third-order valence-corrected chi connectivity index (χ3v) is 6.22. The van der Waals surface area contributed by atoms with Gasteiger partial charge < -0.3 is 10.2 Å². The van der Waals surface area contributed by atoms with Crippen molar-refractivity contribution in [3.63, 3.8) is 0 Å². The van der Waals surface area contributed by atoms with Crippen LogP contribution in [0.2, 0.25) is 10.0 Å². The molecule has 0 spiro atoms. The number of benzene rings is 3. The van der Waals surface area contributed by atoms with Gasteiger partial charge in [-0.3, -0.25) is 14.6 Å². The highest BCUT2D eigenvalue weighted by Crippen LogP contribution is 2.26. The maximum Gasteiger partial charge on any atom is 0.247 e. The van der Waals surface area contributed by atoms with E-state index in [0.29, 0.717) is 16.6 Å². The van der Waals surface area contributed by atoms with Crippen LogP contribution in [0.4, 0.5) is 0 Å². The van der Waals surface area contributed by atoms with Crippen molar-refractivity contribution in [2.24, 2.45) is 0 Å². The summed E-state index contributed by atoms with van der Waals surface area (Å²) in [5.74, 6) is -0.457. The average Bonchev–Trinajstić information content (AvgIpc) is 2.91. The lowest BCUT2D eigenvalue weighted by atomic mass is 10.0. The molecule has 0 aliphatic heterocycles. The first-order chi connectivity index (χ1) is 17.5. The van der Waals surface area contributed by atoms with Crippen LogP contribution in [0, 0.1) is 0 Å². The molecule has 0 saturated heterocycles. The molecule has 0 fully saturated rings. The third-order valence-electron chi connectivity index (χ3n) is 5.72. The minimum absolute atomic E-state index is 0.129. The lowest BCUT2D eigenvalue weighted by Gasteiger charge is -2.32. The molecule has 2 amide bonds. The number of carbonyl (C=O) groups excluding carboxylic acids is 2. The van der Waals surface area contributed by atoms with E-state index in [1.165, 1.54) is 0 Å². The minimum atomic E-state index is -0.835. The summed E-state index contributed by atoms with van der Waals surface area (Å²) in [6, 6.07) is 26.6. The second-order valence-electron chi connectivity index (χ2n) is 8.34. The summed E-state index contributed by atoms with van der Waals surface area (Å²) < 4.78 is 0. The van der Waals surface area contributed by atoms with Gasteiger partial charge in [-0.25, -0.2) is 0 Å². The van der Waals surface area contributed by atoms with E-state index in [1.807, 2.05) is 66.7 Å². The number of halogens is 2. The lowest BCUT2D eigenvalue weighted by Crippen LogP contribution is -2.43. The van der Waals surface area contributed by atoms with Gasteiger partial charge in [0.2, 0.25) is 11.8 Å². The topological polar surface area (TPSA) is 62.3 Å². The predicted molar refractivity (Wildman–Crippen MR) is 142 cm³/mol. The Morgan fingerprint density at radius 1 is 0.778 bits per heavy atom. The Balaban J connectivity index is 1.67. The van der Waals surface area contributed by atoms with E-state index in [-0.39, 0.29) is 24.8 Å². The molecular weight excluding hydrogens is 493 g/mol. The maximum atomic E-state index is 13.7. The standard InChI is InChI=1S/C29H25Cl2N3O2/c30-25-12-8-21(9-13-25)17-27(35)34(20-22-10-14-26(31)15-11-22)28(24-6-2-1-3-7-24)29(36)33-19-23-5-4-16-32-18-23/h1-16,18,28H,17,19-20H2,(H,33,36)/t28-/m1/s1. The fraction of sp³-hybridized carbons (Fsp3) is 0.138. The van der Waals surface area contributed by atoms with Gasteiger partial charge in [-0.15, -0.1) is 0 Å². The summed E-state index contributed by atoms with van der Waals surface area (Å²) in [4.78, 5) is 33.1. The molecule has 182 valence electrons. The smallest absolute Gasteiger partial charge is 0.247 e. The Labute approximate surface area is 220 Å². The SMILES string of the molecule is O=C(NCc1cccnc1)[C@@H](c1ccccc1)N(Cc1ccc(Cl)cc1)C(=O)Cc1ccc(Cl)cc1. The zero-order valence-corrected chi connectivity index (χ0v) is 21.0. The summed E-state index contributed by atoms with van der Waals surface area (Å²) in [7, 11) is 0. The number of rotatable bonds is 9.